The first-order valence-corrected chi connectivity index (χ1v) is 16.5. The first kappa shape index (κ1) is 30.1. The minimum atomic E-state index is -0.0760. The van der Waals surface area contributed by atoms with Crippen molar-refractivity contribution >= 4 is 27.5 Å². The third kappa shape index (κ3) is 7.94. The van der Waals surface area contributed by atoms with Gasteiger partial charge >= 0.3 is 5.97 Å². The van der Waals surface area contributed by atoms with Crippen LogP contribution in [0.5, 0.6) is 5.75 Å². The van der Waals surface area contributed by atoms with Crippen LogP contribution in [0.25, 0.3) is 21.5 Å². The molecule has 5 rings (SSSR count). The molecule has 1 aliphatic rings. The standard InChI is InChI=1S/C39H48O3/c1-2-3-4-5-6-7-8-9-10-27-39(40)42-38-26-18-16-24-35(38)34-23-15-17-25-37(34)41-29-36-32-21-13-11-19-30(32)28-31-20-12-14-22-33(31)36/h11-15,17,19-23,25,28,35,38H,2-10,16,18,24,26-27,29H2,1H3/t35-,38+/m1/s1. The molecule has 0 unspecified atom stereocenters. The van der Waals surface area contributed by atoms with Crippen molar-refractivity contribution in [3.05, 3.63) is 90.0 Å². The highest BCUT2D eigenvalue weighted by Crippen LogP contribution is 2.40. The smallest absolute Gasteiger partial charge is 0.306 e. The van der Waals surface area contributed by atoms with E-state index in [1.54, 1.807) is 0 Å². The summed E-state index contributed by atoms with van der Waals surface area (Å²) in [7, 11) is 0. The third-order valence-electron chi connectivity index (χ3n) is 9.04. The predicted molar refractivity (Wildman–Crippen MR) is 175 cm³/mol. The topological polar surface area (TPSA) is 35.5 Å². The number of unbranched alkanes of at least 4 members (excludes halogenated alkanes) is 8. The molecule has 1 saturated carbocycles. The molecular weight excluding hydrogens is 516 g/mol. The molecule has 0 spiro atoms. The van der Waals surface area contributed by atoms with Gasteiger partial charge < -0.3 is 9.47 Å². The predicted octanol–water partition coefficient (Wildman–Crippen LogP) is 11.1. The van der Waals surface area contributed by atoms with Gasteiger partial charge in [0.1, 0.15) is 18.5 Å². The van der Waals surface area contributed by atoms with E-state index in [4.69, 9.17) is 9.47 Å². The molecule has 0 bridgehead atoms. The van der Waals surface area contributed by atoms with E-state index in [0.29, 0.717) is 13.0 Å². The summed E-state index contributed by atoms with van der Waals surface area (Å²) in [5, 5.41) is 4.92. The Kier molecular flexibility index (Phi) is 11.3. The van der Waals surface area contributed by atoms with Gasteiger partial charge in [-0.25, -0.2) is 0 Å². The number of esters is 1. The fraction of sp³-hybridized carbons (Fsp3) is 0.462. The van der Waals surface area contributed by atoms with Crippen molar-refractivity contribution in [2.24, 2.45) is 0 Å². The molecule has 42 heavy (non-hydrogen) atoms. The second-order valence-electron chi connectivity index (χ2n) is 12.1. The van der Waals surface area contributed by atoms with Crippen LogP contribution in [-0.2, 0) is 16.1 Å². The van der Waals surface area contributed by atoms with Gasteiger partial charge in [0, 0.05) is 23.5 Å². The summed E-state index contributed by atoms with van der Waals surface area (Å²) in [4.78, 5) is 12.9. The van der Waals surface area contributed by atoms with Crippen LogP contribution in [0.2, 0.25) is 0 Å². The van der Waals surface area contributed by atoms with Gasteiger partial charge in [0.15, 0.2) is 0 Å². The van der Waals surface area contributed by atoms with E-state index in [-0.39, 0.29) is 18.0 Å². The van der Waals surface area contributed by atoms with Crippen LogP contribution in [0.1, 0.15) is 114 Å². The quantitative estimate of drug-likeness (QED) is 0.0818. The molecule has 4 aromatic rings. The minimum absolute atomic E-state index is 0.0320. The Morgan fingerprint density at radius 1 is 0.714 bits per heavy atom. The second-order valence-corrected chi connectivity index (χ2v) is 12.1. The average Bonchev–Trinajstić information content (AvgIpc) is 3.03. The first-order chi connectivity index (χ1) is 20.7. The molecule has 0 heterocycles. The number of hydrogen-bond acceptors (Lipinski definition) is 3. The Hall–Kier alpha value is -3.33. The van der Waals surface area contributed by atoms with Gasteiger partial charge in [-0.1, -0.05) is 131 Å². The monoisotopic (exact) mass is 564 g/mol. The molecule has 2 atom stereocenters. The summed E-state index contributed by atoms with van der Waals surface area (Å²) < 4.78 is 12.8. The molecule has 4 aromatic carbocycles. The van der Waals surface area contributed by atoms with E-state index in [0.717, 1.165) is 44.3 Å². The number of para-hydroxylation sites is 1. The Balaban J connectivity index is 1.21. The summed E-state index contributed by atoms with van der Waals surface area (Å²) in [6.07, 6.45) is 15.9. The molecule has 0 radical (unpaired) electrons. The normalized spacial score (nSPS) is 17.0. The Morgan fingerprint density at radius 2 is 1.31 bits per heavy atom. The van der Waals surface area contributed by atoms with Crippen molar-refractivity contribution in [1.82, 2.24) is 0 Å². The van der Waals surface area contributed by atoms with Crippen LogP contribution in [-0.4, -0.2) is 12.1 Å². The molecule has 1 fully saturated rings. The van der Waals surface area contributed by atoms with Crippen LogP contribution in [0.15, 0.2) is 78.9 Å². The number of ether oxygens (including phenoxy) is 2. The fourth-order valence-electron chi connectivity index (χ4n) is 6.73. The molecular formula is C39H48O3. The highest BCUT2D eigenvalue weighted by atomic mass is 16.5. The van der Waals surface area contributed by atoms with Gasteiger partial charge in [0.05, 0.1) is 0 Å². The van der Waals surface area contributed by atoms with E-state index in [1.807, 2.05) is 6.07 Å². The third-order valence-corrected chi connectivity index (χ3v) is 9.04. The fourth-order valence-corrected chi connectivity index (χ4v) is 6.73. The number of rotatable bonds is 15. The maximum Gasteiger partial charge on any atom is 0.306 e. The summed E-state index contributed by atoms with van der Waals surface area (Å²) in [6, 6.07) is 27.8. The lowest BCUT2D eigenvalue weighted by Gasteiger charge is -2.32. The number of carbonyl (C=O) groups is 1. The molecule has 3 nitrogen and oxygen atoms in total. The molecule has 1 aliphatic carbocycles. The van der Waals surface area contributed by atoms with Gasteiger partial charge in [-0.2, -0.15) is 0 Å². The zero-order valence-electron chi connectivity index (χ0n) is 25.5. The number of benzene rings is 4. The summed E-state index contributed by atoms with van der Waals surface area (Å²) >= 11 is 0. The van der Waals surface area contributed by atoms with E-state index < -0.39 is 0 Å². The molecule has 0 amide bonds. The van der Waals surface area contributed by atoms with Crippen molar-refractivity contribution in [1.29, 1.82) is 0 Å². The van der Waals surface area contributed by atoms with E-state index in [1.165, 1.54) is 77.6 Å². The largest absolute Gasteiger partial charge is 0.489 e. The highest BCUT2D eigenvalue weighted by molar-refractivity contribution is 6.02. The minimum Gasteiger partial charge on any atom is -0.489 e. The molecule has 0 aliphatic heterocycles. The number of carbonyl (C=O) groups excluding carboxylic acids is 1. The summed E-state index contributed by atoms with van der Waals surface area (Å²) in [6.45, 7) is 2.75. The molecule has 0 aromatic heterocycles. The van der Waals surface area contributed by atoms with Crippen molar-refractivity contribution in [2.45, 2.75) is 115 Å². The zero-order chi connectivity index (χ0) is 29.0. The van der Waals surface area contributed by atoms with E-state index in [2.05, 4.69) is 79.7 Å². The Morgan fingerprint density at radius 3 is 2.02 bits per heavy atom. The number of fused-ring (bicyclic) bond motifs is 2. The van der Waals surface area contributed by atoms with Crippen molar-refractivity contribution in [3.8, 4) is 5.75 Å². The maximum absolute atomic E-state index is 12.9. The molecule has 222 valence electrons. The van der Waals surface area contributed by atoms with Crippen LogP contribution in [0.4, 0.5) is 0 Å². The van der Waals surface area contributed by atoms with Crippen molar-refractivity contribution in [3.63, 3.8) is 0 Å². The Bertz CT molecular complexity index is 1370. The molecule has 3 heteroatoms. The average molecular weight is 565 g/mol. The molecule has 0 N–H and O–H groups in total. The van der Waals surface area contributed by atoms with Gasteiger partial charge in [-0.15, -0.1) is 0 Å². The van der Waals surface area contributed by atoms with E-state index >= 15 is 0 Å². The SMILES string of the molecule is CCCCCCCCCCCC(=O)O[C@H]1CCCC[C@@H]1c1ccccc1OCc1c2ccccc2cc2ccccc12. The van der Waals surface area contributed by atoms with Crippen LogP contribution in [0.3, 0.4) is 0 Å². The summed E-state index contributed by atoms with van der Waals surface area (Å²) in [5.74, 6) is 1.04. The lowest BCUT2D eigenvalue weighted by Crippen LogP contribution is -2.29. The molecule has 0 saturated heterocycles. The highest BCUT2D eigenvalue weighted by Gasteiger charge is 2.31. The first-order valence-electron chi connectivity index (χ1n) is 16.5. The summed E-state index contributed by atoms with van der Waals surface area (Å²) in [5.41, 5.74) is 2.38. The van der Waals surface area contributed by atoms with Crippen molar-refractivity contribution in [2.75, 3.05) is 0 Å². The maximum atomic E-state index is 12.9. The Labute approximate surface area is 252 Å². The number of hydrogen-bond donors (Lipinski definition) is 0. The van der Waals surface area contributed by atoms with Crippen LogP contribution in [0, 0.1) is 0 Å². The van der Waals surface area contributed by atoms with Gasteiger partial charge in [0.2, 0.25) is 0 Å². The zero-order valence-corrected chi connectivity index (χ0v) is 25.5. The van der Waals surface area contributed by atoms with Gasteiger partial charge in [-0.05, 0) is 59.4 Å². The lowest BCUT2D eigenvalue weighted by atomic mass is 9.81. The second kappa shape index (κ2) is 15.8. The van der Waals surface area contributed by atoms with Gasteiger partial charge in [0.25, 0.3) is 0 Å². The van der Waals surface area contributed by atoms with Gasteiger partial charge in [-0.3, -0.25) is 4.79 Å². The van der Waals surface area contributed by atoms with Crippen molar-refractivity contribution < 1.29 is 14.3 Å². The van der Waals surface area contributed by atoms with E-state index in [9.17, 15) is 4.79 Å². The van der Waals surface area contributed by atoms with Crippen LogP contribution < -0.4 is 4.74 Å². The lowest BCUT2D eigenvalue weighted by molar-refractivity contribution is -0.151. The van der Waals surface area contributed by atoms with Crippen LogP contribution >= 0.6 is 0 Å².